The number of anilines is 2. The number of likely N-dealkylation sites (N-methyl/N-ethyl adjacent to an activating group) is 1. The van der Waals surface area contributed by atoms with Crippen LogP contribution in [0, 0.1) is 0 Å². The fraction of sp³-hybridized carbons (Fsp3) is 0.241. The van der Waals surface area contributed by atoms with Crippen LogP contribution in [0.25, 0.3) is 22.1 Å². The van der Waals surface area contributed by atoms with E-state index in [2.05, 4.69) is 32.2 Å². The van der Waals surface area contributed by atoms with Gasteiger partial charge >= 0.3 is 0 Å². The topological polar surface area (TPSA) is 114 Å². The Morgan fingerprint density at radius 3 is 2.56 bits per heavy atom. The summed E-state index contributed by atoms with van der Waals surface area (Å²) in [5.41, 5.74) is 8.86. The van der Waals surface area contributed by atoms with Gasteiger partial charge in [-0.15, -0.1) is 5.10 Å². The molecule has 6 rings (SSSR count). The molecule has 10 nitrogen and oxygen atoms in total. The molecule has 198 valence electrons. The summed E-state index contributed by atoms with van der Waals surface area (Å²) >= 11 is 0. The largest absolute Gasteiger partial charge is 0.381 e. The zero-order valence-electron chi connectivity index (χ0n) is 21.9. The molecule has 3 N–H and O–H groups in total. The molecule has 3 aromatic heterocycles. The van der Waals surface area contributed by atoms with E-state index in [1.54, 1.807) is 23.0 Å². The Morgan fingerprint density at radius 1 is 1.03 bits per heavy atom. The minimum absolute atomic E-state index is 0.0918. The summed E-state index contributed by atoms with van der Waals surface area (Å²) in [6.07, 6.45) is 3.28. The van der Waals surface area contributed by atoms with Crippen molar-refractivity contribution < 1.29 is 4.79 Å². The Morgan fingerprint density at radius 2 is 1.79 bits per heavy atom. The predicted molar refractivity (Wildman–Crippen MR) is 153 cm³/mol. The van der Waals surface area contributed by atoms with E-state index in [0.29, 0.717) is 16.7 Å². The quantitative estimate of drug-likeness (QED) is 0.365. The van der Waals surface area contributed by atoms with Gasteiger partial charge < -0.3 is 20.9 Å². The standard InChI is InChI=1S/C29H30N8O2/c1-19(32-28(38)25-26(30)33-36-13-7-12-31-27(25)36)23-18-20-8-6-11-22(35-16-14-34(2)15-17-35)24(20)29(39)37(23)21-9-4-3-5-10-21/h3-13,18-19H,14-17H2,1-2H3,(H2,30,33)(H,32,38). The predicted octanol–water partition coefficient (Wildman–Crippen LogP) is 2.86. The van der Waals surface area contributed by atoms with E-state index in [9.17, 15) is 9.59 Å². The summed E-state index contributed by atoms with van der Waals surface area (Å²) in [6.45, 7) is 5.43. The second-order valence-corrected chi connectivity index (χ2v) is 9.92. The maximum absolute atomic E-state index is 14.3. The minimum atomic E-state index is -0.528. The molecule has 1 amide bonds. The number of fused-ring (bicyclic) bond motifs is 2. The molecule has 4 heterocycles. The molecule has 0 saturated carbocycles. The Hall–Kier alpha value is -4.70. The van der Waals surface area contributed by atoms with Crippen molar-refractivity contribution in [3.63, 3.8) is 0 Å². The first-order valence-corrected chi connectivity index (χ1v) is 13.0. The van der Waals surface area contributed by atoms with Crippen molar-refractivity contribution in [3.8, 4) is 5.69 Å². The SMILES string of the molecule is CC(NC(=O)c1c(N)nn2cccnc12)c1cc2cccc(N3CCN(C)CC3)c2c(=O)n1-c1ccccc1. The van der Waals surface area contributed by atoms with E-state index in [1.165, 1.54) is 4.52 Å². The minimum Gasteiger partial charge on any atom is -0.381 e. The van der Waals surface area contributed by atoms with Gasteiger partial charge in [-0.05, 0) is 49.7 Å². The van der Waals surface area contributed by atoms with Gasteiger partial charge in [0.05, 0.1) is 17.1 Å². The normalized spacial score (nSPS) is 15.1. The first kappa shape index (κ1) is 24.6. The van der Waals surface area contributed by atoms with Crippen LogP contribution in [-0.4, -0.2) is 63.2 Å². The van der Waals surface area contributed by atoms with Crippen LogP contribution in [0.3, 0.4) is 0 Å². The molecule has 1 aliphatic heterocycles. The highest BCUT2D eigenvalue weighted by molar-refractivity contribution is 6.04. The van der Waals surface area contributed by atoms with Crippen LogP contribution in [0.1, 0.15) is 29.0 Å². The first-order chi connectivity index (χ1) is 18.9. The number of nitrogens with two attached hydrogens (primary N) is 1. The lowest BCUT2D eigenvalue weighted by Gasteiger charge is -2.34. The fourth-order valence-electron chi connectivity index (χ4n) is 5.30. The lowest BCUT2D eigenvalue weighted by atomic mass is 10.0. The van der Waals surface area contributed by atoms with Crippen molar-refractivity contribution in [2.24, 2.45) is 0 Å². The van der Waals surface area contributed by atoms with Gasteiger partial charge in [0.1, 0.15) is 5.56 Å². The number of hydrogen-bond acceptors (Lipinski definition) is 7. The van der Waals surface area contributed by atoms with Crippen LogP contribution < -0.4 is 21.5 Å². The van der Waals surface area contributed by atoms with Crippen LogP contribution in [0.4, 0.5) is 11.5 Å². The maximum Gasteiger partial charge on any atom is 0.265 e. The number of para-hydroxylation sites is 1. The highest BCUT2D eigenvalue weighted by Crippen LogP contribution is 2.29. The van der Waals surface area contributed by atoms with E-state index < -0.39 is 11.9 Å². The molecule has 1 atom stereocenters. The summed E-state index contributed by atoms with van der Waals surface area (Å²) in [7, 11) is 2.11. The highest BCUT2D eigenvalue weighted by Gasteiger charge is 2.25. The molecule has 5 aromatic rings. The van der Waals surface area contributed by atoms with Gasteiger partial charge in [0.2, 0.25) is 0 Å². The van der Waals surface area contributed by atoms with Crippen LogP contribution in [-0.2, 0) is 0 Å². The summed E-state index contributed by atoms with van der Waals surface area (Å²) in [4.78, 5) is 36.6. The lowest BCUT2D eigenvalue weighted by Crippen LogP contribution is -2.45. The number of rotatable bonds is 5. The number of pyridine rings is 1. The number of benzene rings is 2. The maximum atomic E-state index is 14.3. The molecule has 2 aromatic carbocycles. The summed E-state index contributed by atoms with van der Waals surface area (Å²) < 4.78 is 3.18. The monoisotopic (exact) mass is 522 g/mol. The number of nitrogen functional groups attached to an aromatic ring is 1. The van der Waals surface area contributed by atoms with E-state index >= 15 is 0 Å². The van der Waals surface area contributed by atoms with Gasteiger partial charge in [0.15, 0.2) is 11.5 Å². The molecule has 1 unspecified atom stereocenters. The number of hydrogen-bond donors (Lipinski definition) is 2. The van der Waals surface area contributed by atoms with Gasteiger partial charge in [0, 0.05) is 50.0 Å². The third-order valence-electron chi connectivity index (χ3n) is 7.35. The Kier molecular flexibility index (Phi) is 6.24. The van der Waals surface area contributed by atoms with Gasteiger partial charge in [-0.2, -0.15) is 0 Å². The van der Waals surface area contributed by atoms with Crippen molar-refractivity contribution in [2.75, 3.05) is 43.9 Å². The molecule has 0 radical (unpaired) electrons. The van der Waals surface area contributed by atoms with Crippen LogP contribution in [0.5, 0.6) is 0 Å². The first-order valence-electron chi connectivity index (χ1n) is 13.0. The number of nitrogens with one attached hydrogen (secondary N) is 1. The number of aromatic nitrogens is 4. The molecule has 10 heteroatoms. The third-order valence-corrected chi connectivity index (χ3v) is 7.35. The van der Waals surface area contributed by atoms with Crippen molar-refractivity contribution >= 4 is 33.8 Å². The fourth-order valence-corrected chi connectivity index (χ4v) is 5.30. The summed E-state index contributed by atoms with van der Waals surface area (Å²) in [5.74, 6) is -0.318. The van der Waals surface area contributed by atoms with Crippen molar-refractivity contribution in [1.82, 2.24) is 29.4 Å². The molecule has 39 heavy (non-hydrogen) atoms. The Labute approximate surface area is 225 Å². The van der Waals surface area contributed by atoms with Gasteiger partial charge in [-0.25, -0.2) is 9.50 Å². The van der Waals surface area contributed by atoms with E-state index in [1.807, 2.05) is 61.5 Å². The zero-order chi connectivity index (χ0) is 27.1. The molecule has 1 saturated heterocycles. The highest BCUT2D eigenvalue weighted by atomic mass is 16.2. The smallest absolute Gasteiger partial charge is 0.265 e. The molecule has 1 fully saturated rings. The lowest BCUT2D eigenvalue weighted by molar-refractivity contribution is 0.0941. The number of carbonyl (C=O) groups is 1. The Balaban J connectivity index is 1.46. The number of nitrogens with zero attached hydrogens (tertiary/aromatic N) is 6. The molecule has 0 aliphatic carbocycles. The third kappa shape index (κ3) is 4.38. The summed E-state index contributed by atoms with van der Waals surface area (Å²) in [5, 5.41) is 8.73. The van der Waals surface area contributed by atoms with E-state index in [0.717, 1.165) is 42.9 Å². The number of amides is 1. The van der Waals surface area contributed by atoms with Crippen molar-refractivity contribution in [2.45, 2.75) is 13.0 Å². The second-order valence-electron chi connectivity index (χ2n) is 9.92. The molecule has 0 bridgehead atoms. The van der Waals surface area contributed by atoms with Gasteiger partial charge in [-0.1, -0.05) is 30.3 Å². The average molecular weight is 523 g/mol. The molecule has 0 spiro atoms. The number of carbonyl (C=O) groups excluding carboxylic acids is 1. The van der Waals surface area contributed by atoms with E-state index in [4.69, 9.17) is 5.73 Å². The van der Waals surface area contributed by atoms with Gasteiger partial charge in [-0.3, -0.25) is 14.2 Å². The van der Waals surface area contributed by atoms with E-state index in [-0.39, 0.29) is 16.9 Å². The zero-order valence-corrected chi connectivity index (χ0v) is 21.9. The van der Waals surface area contributed by atoms with Gasteiger partial charge in [0.25, 0.3) is 11.5 Å². The summed E-state index contributed by atoms with van der Waals surface area (Å²) in [6, 6.07) is 18.7. The van der Waals surface area contributed by atoms with Crippen LogP contribution in [0.2, 0.25) is 0 Å². The average Bonchev–Trinajstić information content (AvgIpc) is 3.29. The molecular formula is C29H30N8O2. The molecule has 1 aliphatic rings. The second kappa shape index (κ2) is 9.88. The molecular weight excluding hydrogens is 492 g/mol. The Bertz CT molecular complexity index is 1740. The van der Waals surface area contributed by atoms with Crippen LogP contribution in [0.15, 0.2) is 77.9 Å². The van der Waals surface area contributed by atoms with Crippen LogP contribution >= 0.6 is 0 Å². The van der Waals surface area contributed by atoms with Crippen molar-refractivity contribution in [1.29, 1.82) is 0 Å². The van der Waals surface area contributed by atoms with Crippen molar-refractivity contribution in [3.05, 3.63) is 94.7 Å². The number of piperazine rings is 1.